The normalized spacial score (nSPS) is 11.8. The average Bonchev–Trinajstić information content (AvgIpc) is 2.67. The maximum atomic E-state index is 12.6. The summed E-state index contributed by atoms with van der Waals surface area (Å²) in [4.78, 5) is 21.0. The number of nitrogens with zero attached hydrogens (tertiary/aromatic N) is 2. The SMILES string of the molecule is Nc1ncc(-c2ccccc2Cl)nc1C(=O)N[C@H](CO)c1ccccc1. The summed E-state index contributed by atoms with van der Waals surface area (Å²) in [5.74, 6) is -0.519. The maximum Gasteiger partial charge on any atom is 0.274 e. The zero-order valence-electron chi connectivity index (χ0n) is 13.8. The van der Waals surface area contributed by atoms with E-state index in [2.05, 4.69) is 15.3 Å². The number of rotatable bonds is 5. The van der Waals surface area contributed by atoms with Crippen LogP contribution in [0.25, 0.3) is 11.3 Å². The Morgan fingerprint density at radius 2 is 1.85 bits per heavy atom. The molecule has 1 heterocycles. The first-order chi connectivity index (χ1) is 12.6. The molecule has 3 aromatic rings. The first-order valence-electron chi connectivity index (χ1n) is 7.94. The molecule has 0 unspecified atom stereocenters. The van der Waals surface area contributed by atoms with Crippen molar-refractivity contribution in [2.45, 2.75) is 6.04 Å². The Labute approximate surface area is 155 Å². The number of halogens is 1. The van der Waals surface area contributed by atoms with Crippen molar-refractivity contribution in [3.8, 4) is 11.3 Å². The van der Waals surface area contributed by atoms with E-state index >= 15 is 0 Å². The van der Waals surface area contributed by atoms with Gasteiger partial charge in [-0.25, -0.2) is 9.97 Å². The summed E-state index contributed by atoms with van der Waals surface area (Å²) in [6, 6.07) is 15.7. The van der Waals surface area contributed by atoms with Gasteiger partial charge in [-0.15, -0.1) is 0 Å². The van der Waals surface area contributed by atoms with Gasteiger partial charge in [-0.2, -0.15) is 0 Å². The molecule has 1 aromatic heterocycles. The molecule has 26 heavy (non-hydrogen) atoms. The van der Waals surface area contributed by atoms with E-state index in [1.807, 2.05) is 36.4 Å². The van der Waals surface area contributed by atoms with Crippen LogP contribution in [-0.4, -0.2) is 27.6 Å². The number of amides is 1. The van der Waals surface area contributed by atoms with Gasteiger partial charge < -0.3 is 16.2 Å². The molecule has 4 N–H and O–H groups in total. The summed E-state index contributed by atoms with van der Waals surface area (Å²) in [5, 5.41) is 12.8. The van der Waals surface area contributed by atoms with Crippen LogP contribution in [0.15, 0.2) is 60.8 Å². The van der Waals surface area contributed by atoms with E-state index in [1.165, 1.54) is 6.20 Å². The molecule has 1 atom stereocenters. The second-order valence-corrected chi connectivity index (χ2v) is 6.00. The highest BCUT2D eigenvalue weighted by Crippen LogP contribution is 2.26. The Kier molecular flexibility index (Phi) is 5.46. The number of carbonyl (C=O) groups is 1. The van der Waals surface area contributed by atoms with E-state index in [4.69, 9.17) is 17.3 Å². The molecule has 7 heteroatoms. The Morgan fingerprint density at radius 3 is 2.54 bits per heavy atom. The molecule has 1 amide bonds. The van der Waals surface area contributed by atoms with Gasteiger partial charge in [0.25, 0.3) is 5.91 Å². The molecule has 0 radical (unpaired) electrons. The molecule has 0 aliphatic carbocycles. The third kappa shape index (κ3) is 3.82. The Bertz CT molecular complexity index is 918. The van der Waals surface area contributed by atoms with Crippen molar-refractivity contribution in [1.29, 1.82) is 0 Å². The van der Waals surface area contributed by atoms with Crippen LogP contribution in [0, 0.1) is 0 Å². The smallest absolute Gasteiger partial charge is 0.274 e. The van der Waals surface area contributed by atoms with Crippen LogP contribution in [0.3, 0.4) is 0 Å². The summed E-state index contributed by atoms with van der Waals surface area (Å²) in [6.07, 6.45) is 1.47. The van der Waals surface area contributed by atoms with E-state index in [0.29, 0.717) is 16.3 Å². The number of benzene rings is 2. The highest BCUT2D eigenvalue weighted by molar-refractivity contribution is 6.33. The fraction of sp³-hybridized carbons (Fsp3) is 0.105. The summed E-state index contributed by atoms with van der Waals surface area (Å²) in [5.41, 5.74) is 7.68. The molecule has 0 bridgehead atoms. The van der Waals surface area contributed by atoms with Crippen molar-refractivity contribution >= 4 is 23.3 Å². The zero-order chi connectivity index (χ0) is 18.5. The summed E-state index contributed by atoms with van der Waals surface area (Å²) >= 11 is 6.18. The predicted octanol–water partition coefficient (Wildman–Crippen LogP) is 2.84. The minimum Gasteiger partial charge on any atom is -0.394 e. The van der Waals surface area contributed by atoms with Crippen LogP contribution in [0.1, 0.15) is 22.1 Å². The van der Waals surface area contributed by atoms with Crippen LogP contribution in [0.4, 0.5) is 5.82 Å². The van der Waals surface area contributed by atoms with Gasteiger partial charge in [0.1, 0.15) is 0 Å². The van der Waals surface area contributed by atoms with Crippen LogP contribution in [-0.2, 0) is 0 Å². The lowest BCUT2D eigenvalue weighted by Gasteiger charge is -2.17. The van der Waals surface area contributed by atoms with Crippen LogP contribution >= 0.6 is 11.6 Å². The molecule has 3 rings (SSSR count). The van der Waals surface area contributed by atoms with Crippen LogP contribution < -0.4 is 11.1 Å². The standard InChI is InChI=1S/C19H17ClN4O2/c20-14-9-5-4-8-13(14)15-10-22-18(21)17(23-15)19(26)24-16(11-25)12-6-2-1-3-7-12/h1-10,16,25H,11H2,(H2,21,22)(H,24,26)/t16-/m1/s1. The van der Waals surface area contributed by atoms with Gasteiger partial charge in [0, 0.05) is 5.56 Å². The predicted molar refractivity (Wildman–Crippen MR) is 101 cm³/mol. The molecule has 132 valence electrons. The molecular weight excluding hydrogens is 352 g/mol. The second kappa shape index (κ2) is 7.95. The molecule has 0 spiro atoms. The van der Waals surface area contributed by atoms with E-state index in [9.17, 15) is 9.90 Å². The van der Waals surface area contributed by atoms with Crippen LogP contribution in [0.2, 0.25) is 5.02 Å². The quantitative estimate of drug-likeness (QED) is 0.642. The Hall–Kier alpha value is -2.96. The lowest BCUT2D eigenvalue weighted by molar-refractivity contribution is 0.0912. The summed E-state index contributed by atoms with van der Waals surface area (Å²) in [6.45, 7) is -0.257. The van der Waals surface area contributed by atoms with Gasteiger partial charge in [-0.05, 0) is 11.6 Å². The number of hydrogen-bond acceptors (Lipinski definition) is 5. The van der Waals surface area contributed by atoms with Crippen molar-refractivity contribution < 1.29 is 9.90 Å². The number of carbonyl (C=O) groups excluding carboxylic acids is 1. The van der Waals surface area contributed by atoms with Gasteiger partial charge >= 0.3 is 0 Å². The number of aliphatic hydroxyl groups excluding tert-OH is 1. The molecule has 0 aliphatic heterocycles. The van der Waals surface area contributed by atoms with Gasteiger partial charge in [0.05, 0.1) is 29.6 Å². The van der Waals surface area contributed by atoms with Crippen LogP contribution in [0.5, 0.6) is 0 Å². The molecule has 0 saturated carbocycles. The van der Waals surface area contributed by atoms with Crippen molar-refractivity contribution in [3.63, 3.8) is 0 Å². The third-order valence-electron chi connectivity index (χ3n) is 3.86. The van der Waals surface area contributed by atoms with Crippen molar-refractivity contribution in [1.82, 2.24) is 15.3 Å². The zero-order valence-corrected chi connectivity index (χ0v) is 14.5. The fourth-order valence-corrected chi connectivity index (χ4v) is 2.74. The maximum absolute atomic E-state index is 12.6. The minimum absolute atomic E-state index is 0.00283. The van der Waals surface area contributed by atoms with Gasteiger partial charge in [-0.1, -0.05) is 60.1 Å². The van der Waals surface area contributed by atoms with E-state index in [0.717, 1.165) is 5.56 Å². The number of nitrogen functional groups attached to an aromatic ring is 1. The molecule has 0 saturated heterocycles. The third-order valence-corrected chi connectivity index (χ3v) is 4.19. The highest BCUT2D eigenvalue weighted by Gasteiger charge is 2.20. The largest absolute Gasteiger partial charge is 0.394 e. The molecule has 0 aliphatic rings. The number of aromatic nitrogens is 2. The number of aliphatic hydroxyl groups is 1. The Morgan fingerprint density at radius 1 is 1.15 bits per heavy atom. The summed E-state index contributed by atoms with van der Waals surface area (Å²) in [7, 11) is 0. The molecule has 0 fully saturated rings. The molecule has 6 nitrogen and oxygen atoms in total. The first kappa shape index (κ1) is 17.8. The molecular formula is C19H17ClN4O2. The number of anilines is 1. The van der Waals surface area contributed by atoms with Gasteiger partial charge in [0.2, 0.25) is 0 Å². The number of hydrogen-bond donors (Lipinski definition) is 3. The number of nitrogens with one attached hydrogen (secondary N) is 1. The summed E-state index contributed by atoms with van der Waals surface area (Å²) < 4.78 is 0. The lowest BCUT2D eigenvalue weighted by Crippen LogP contribution is -2.32. The number of nitrogens with two attached hydrogens (primary N) is 1. The Balaban J connectivity index is 1.90. The van der Waals surface area contributed by atoms with Crippen molar-refractivity contribution in [2.75, 3.05) is 12.3 Å². The molecule has 2 aromatic carbocycles. The second-order valence-electron chi connectivity index (χ2n) is 5.59. The average molecular weight is 369 g/mol. The topological polar surface area (TPSA) is 101 Å². The van der Waals surface area contributed by atoms with E-state index in [1.54, 1.807) is 18.2 Å². The van der Waals surface area contributed by atoms with Crippen molar-refractivity contribution in [2.24, 2.45) is 0 Å². The highest BCUT2D eigenvalue weighted by atomic mass is 35.5. The first-order valence-corrected chi connectivity index (χ1v) is 8.32. The fourth-order valence-electron chi connectivity index (χ4n) is 2.51. The lowest BCUT2D eigenvalue weighted by atomic mass is 10.1. The van der Waals surface area contributed by atoms with Gasteiger partial charge in [-0.3, -0.25) is 4.79 Å². The van der Waals surface area contributed by atoms with E-state index in [-0.39, 0.29) is 18.1 Å². The monoisotopic (exact) mass is 368 g/mol. The minimum atomic E-state index is -0.575. The van der Waals surface area contributed by atoms with Crippen molar-refractivity contribution in [3.05, 3.63) is 77.1 Å². The van der Waals surface area contributed by atoms with E-state index < -0.39 is 11.9 Å². The van der Waals surface area contributed by atoms with Gasteiger partial charge in [0.15, 0.2) is 11.5 Å².